The molecular weight excluding hydrogens is 228 g/mol. The van der Waals surface area contributed by atoms with Crippen molar-refractivity contribution in [3.63, 3.8) is 0 Å². The van der Waals surface area contributed by atoms with Crippen LogP contribution in [0.3, 0.4) is 0 Å². The van der Waals surface area contributed by atoms with Crippen molar-refractivity contribution in [3.05, 3.63) is 40.6 Å². The molecule has 1 aromatic carbocycles. The fourth-order valence-electron chi connectivity index (χ4n) is 1.83. The van der Waals surface area contributed by atoms with Crippen molar-refractivity contribution in [2.45, 2.75) is 13.3 Å². The highest BCUT2D eigenvalue weighted by molar-refractivity contribution is 7.08. The second kappa shape index (κ2) is 5.03. The topological polar surface area (TPSA) is 49.8 Å². The predicted molar refractivity (Wildman–Crippen MR) is 72.6 cm³/mol. The van der Waals surface area contributed by atoms with E-state index < -0.39 is 0 Å². The number of thiophene rings is 1. The highest BCUT2D eigenvalue weighted by atomic mass is 32.1. The molecule has 1 unspecified atom stereocenters. The molecule has 17 heavy (non-hydrogen) atoms. The standard InChI is InChI=1S/C14H14N2S/c1-10(8-15)6-11-2-3-13(16)7-14(11)12-4-5-17-9-12/h2-5,7,9-10H,6,16H2,1H3. The second-order valence-corrected chi connectivity index (χ2v) is 4.94. The van der Waals surface area contributed by atoms with Crippen LogP contribution in [0.2, 0.25) is 0 Å². The Morgan fingerprint density at radius 2 is 2.24 bits per heavy atom. The molecule has 0 spiro atoms. The Morgan fingerprint density at radius 3 is 2.88 bits per heavy atom. The maximum absolute atomic E-state index is 8.90. The van der Waals surface area contributed by atoms with Gasteiger partial charge in [-0.2, -0.15) is 16.6 Å². The van der Waals surface area contributed by atoms with E-state index in [1.54, 1.807) is 11.3 Å². The van der Waals surface area contributed by atoms with Crippen LogP contribution in [0.25, 0.3) is 11.1 Å². The van der Waals surface area contributed by atoms with Gasteiger partial charge in [-0.25, -0.2) is 0 Å². The van der Waals surface area contributed by atoms with E-state index in [1.165, 1.54) is 11.1 Å². The molecule has 0 aliphatic rings. The van der Waals surface area contributed by atoms with Crippen LogP contribution in [-0.4, -0.2) is 0 Å². The molecule has 0 amide bonds. The van der Waals surface area contributed by atoms with Gasteiger partial charge in [0.1, 0.15) is 0 Å². The van der Waals surface area contributed by atoms with Crippen LogP contribution in [-0.2, 0) is 6.42 Å². The Balaban J connectivity index is 2.42. The molecule has 0 saturated carbocycles. The zero-order valence-corrected chi connectivity index (χ0v) is 10.5. The third kappa shape index (κ3) is 2.66. The second-order valence-electron chi connectivity index (χ2n) is 4.16. The van der Waals surface area contributed by atoms with Gasteiger partial charge in [0.15, 0.2) is 0 Å². The number of nitriles is 1. The molecule has 0 saturated heterocycles. The van der Waals surface area contributed by atoms with Crippen molar-refractivity contribution >= 4 is 17.0 Å². The maximum Gasteiger partial charge on any atom is 0.0656 e. The van der Waals surface area contributed by atoms with Gasteiger partial charge >= 0.3 is 0 Å². The molecule has 0 aliphatic carbocycles. The van der Waals surface area contributed by atoms with E-state index >= 15 is 0 Å². The van der Waals surface area contributed by atoms with Crippen molar-refractivity contribution in [3.8, 4) is 17.2 Å². The van der Waals surface area contributed by atoms with Gasteiger partial charge in [-0.05, 0) is 59.0 Å². The highest BCUT2D eigenvalue weighted by Gasteiger charge is 2.09. The summed E-state index contributed by atoms with van der Waals surface area (Å²) in [4.78, 5) is 0. The number of benzene rings is 1. The summed E-state index contributed by atoms with van der Waals surface area (Å²) in [5.41, 5.74) is 10.1. The van der Waals surface area contributed by atoms with Crippen molar-refractivity contribution in [1.29, 1.82) is 5.26 Å². The van der Waals surface area contributed by atoms with Gasteiger partial charge in [0.05, 0.1) is 6.07 Å². The van der Waals surface area contributed by atoms with Crippen LogP contribution in [0.4, 0.5) is 5.69 Å². The van der Waals surface area contributed by atoms with Crippen LogP contribution < -0.4 is 5.73 Å². The van der Waals surface area contributed by atoms with Crippen molar-refractivity contribution in [2.75, 3.05) is 5.73 Å². The summed E-state index contributed by atoms with van der Waals surface area (Å²) in [5.74, 6) is 0.0241. The summed E-state index contributed by atoms with van der Waals surface area (Å²) in [7, 11) is 0. The largest absolute Gasteiger partial charge is 0.399 e. The molecular formula is C14H14N2S. The Morgan fingerprint density at radius 1 is 1.41 bits per heavy atom. The van der Waals surface area contributed by atoms with Crippen molar-refractivity contribution < 1.29 is 0 Å². The minimum absolute atomic E-state index is 0.0241. The van der Waals surface area contributed by atoms with E-state index in [1.807, 2.05) is 25.1 Å². The lowest BCUT2D eigenvalue weighted by Crippen LogP contribution is -1.99. The van der Waals surface area contributed by atoms with Gasteiger partial charge < -0.3 is 5.73 Å². The molecule has 1 heterocycles. The molecule has 2 rings (SSSR count). The molecule has 2 nitrogen and oxygen atoms in total. The summed E-state index contributed by atoms with van der Waals surface area (Å²) in [5, 5.41) is 13.1. The Bertz CT molecular complexity index is 538. The molecule has 2 aromatic rings. The first-order valence-electron chi connectivity index (χ1n) is 5.51. The average molecular weight is 242 g/mol. The molecule has 0 radical (unpaired) electrons. The molecule has 86 valence electrons. The highest BCUT2D eigenvalue weighted by Crippen LogP contribution is 2.29. The van der Waals surface area contributed by atoms with Crippen LogP contribution in [0.15, 0.2) is 35.0 Å². The SMILES string of the molecule is CC(C#N)Cc1ccc(N)cc1-c1ccsc1. The van der Waals surface area contributed by atoms with E-state index in [0.717, 1.165) is 17.7 Å². The van der Waals surface area contributed by atoms with E-state index in [-0.39, 0.29) is 5.92 Å². The lowest BCUT2D eigenvalue weighted by atomic mass is 9.94. The summed E-state index contributed by atoms with van der Waals surface area (Å²) in [6.07, 6.45) is 0.766. The molecule has 0 fully saturated rings. The first-order valence-corrected chi connectivity index (χ1v) is 6.45. The minimum Gasteiger partial charge on any atom is -0.399 e. The number of nitrogen functional groups attached to an aromatic ring is 1. The van der Waals surface area contributed by atoms with E-state index in [0.29, 0.717) is 0 Å². The summed E-state index contributed by atoms with van der Waals surface area (Å²) in [6, 6.07) is 10.3. The number of anilines is 1. The van der Waals surface area contributed by atoms with Gasteiger partial charge in [-0.3, -0.25) is 0 Å². The third-order valence-corrected chi connectivity index (χ3v) is 3.40. The lowest BCUT2D eigenvalue weighted by Gasteiger charge is -2.10. The van der Waals surface area contributed by atoms with Crippen molar-refractivity contribution in [1.82, 2.24) is 0 Å². The number of rotatable bonds is 3. The third-order valence-electron chi connectivity index (χ3n) is 2.71. The van der Waals surface area contributed by atoms with E-state index in [4.69, 9.17) is 11.0 Å². The fourth-order valence-corrected chi connectivity index (χ4v) is 2.49. The van der Waals surface area contributed by atoms with Gasteiger partial charge in [-0.1, -0.05) is 6.07 Å². The maximum atomic E-state index is 8.90. The van der Waals surface area contributed by atoms with Crippen LogP contribution >= 0.6 is 11.3 Å². The normalized spacial score (nSPS) is 12.0. The molecule has 1 atom stereocenters. The van der Waals surface area contributed by atoms with Gasteiger partial charge in [0, 0.05) is 11.6 Å². The summed E-state index contributed by atoms with van der Waals surface area (Å²) in [6.45, 7) is 1.94. The van der Waals surface area contributed by atoms with Crippen LogP contribution in [0, 0.1) is 17.2 Å². The lowest BCUT2D eigenvalue weighted by molar-refractivity contribution is 0.740. The average Bonchev–Trinajstić information content (AvgIpc) is 2.84. The monoisotopic (exact) mass is 242 g/mol. The Labute approximate surface area is 105 Å². The van der Waals surface area contributed by atoms with Gasteiger partial charge in [-0.15, -0.1) is 0 Å². The first-order chi connectivity index (χ1) is 8.20. The number of nitrogens with zero attached hydrogens (tertiary/aromatic N) is 1. The smallest absolute Gasteiger partial charge is 0.0656 e. The molecule has 1 aromatic heterocycles. The molecule has 0 aliphatic heterocycles. The van der Waals surface area contributed by atoms with Crippen molar-refractivity contribution in [2.24, 2.45) is 5.92 Å². The minimum atomic E-state index is 0.0241. The quantitative estimate of drug-likeness (QED) is 0.834. The molecule has 0 bridgehead atoms. The van der Waals surface area contributed by atoms with Crippen LogP contribution in [0.5, 0.6) is 0 Å². The van der Waals surface area contributed by atoms with Gasteiger partial charge in [0.25, 0.3) is 0 Å². The zero-order chi connectivity index (χ0) is 12.3. The van der Waals surface area contributed by atoms with Crippen LogP contribution in [0.1, 0.15) is 12.5 Å². The number of hydrogen-bond donors (Lipinski definition) is 1. The van der Waals surface area contributed by atoms with Gasteiger partial charge in [0.2, 0.25) is 0 Å². The molecule has 3 heteroatoms. The van der Waals surface area contributed by atoms with E-state index in [2.05, 4.69) is 22.9 Å². The summed E-state index contributed by atoms with van der Waals surface area (Å²) < 4.78 is 0. The predicted octanol–water partition coefficient (Wildman–Crippen LogP) is 3.70. The van der Waals surface area contributed by atoms with E-state index in [9.17, 15) is 0 Å². The first kappa shape index (κ1) is 11.7. The Kier molecular flexibility index (Phi) is 3.46. The zero-order valence-electron chi connectivity index (χ0n) is 9.68. The number of nitrogens with two attached hydrogens (primary N) is 1. The summed E-state index contributed by atoms with van der Waals surface area (Å²) >= 11 is 1.67. The fraction of sp³-hybridized carbons (Fsp3) is 0.214. The molecule has 2 N–H and O–H groups in total. The number of hydrogen-bond acceptors (Lipinski definition) is 3. The Hall–Kier alpha value is -1.79.